The van der Waals surface area contributed by atoms with Crippen LogP contribution in [0.15, 0.2) is 0 Å². The molecule has 1 aliphatic carbocycles. The van der Waals surface area contributed by atoms with Crippen molar-refractivity contribution < 1.29 is 9.53 Å². The zero-order chi connectivity index (χ0) is 15.6. The minimum Gasteiger partial charge on any atom is -0.444 e. The van der Waals surface area contributed by atoms with Crippen molar-refractivity contribution in [1.29, 1.82) is 0 Å². The maximum absolute atomic E-state index is 12.2. The molecule has 0 aromatic rings. The smallest absolute Gasteiger partial charge is 0.410 e. The Kier molecular flexibility index (Phi) is 5.18. The summed E-state index contributed by atoms with van der Waals surface area (Å²) >= 11 is 0. The van der Waals surface area contributed by atoms with Crippen molar-refractivity contribution in [3.63, 3.8) is 0 Å². The van der Waals surface area contributed by atoms with Crippen LogP contribution in [0.2, 0.25) is 0 Å². The largest absolute Gasteiger partial charge is 0.444 e. The number of piperidine rings is 1. The second-order valence-electron chi connectivity index (χ2n) is 8.03. The lowest BCUT2D eigenvalue weighted by atomic mass is 9.97. The van der Waals surface area contributed by atoms with Gasteiger partial charge in [0.15, 0.2) is 0 Å². The number of nitrogens with one attached hydrogen (secondary N) is 1. The first-order chi connectivity index (χ1) is 9.74. The van der Waals surface area contributed by atoms with Gasteiger partial charge in [0.2, 0.25) is 0 Å². The Hall–Kier alpha value is -0.770. The number of hydrogen-bond acceptors (Lipinski definition) is 3. The standard InChI is InChI=1S/C17H32N2O2/c1-12-6-7-14(10-12)18-15-8-9-19(13(2)11-15)16(20)21-17(3,4)5/h12-15,18H,6-11H2,1-5H3. The van der Waals surface area contributed by atoms with Gasteiger partial charge in [0, 0.05) is 24.7 Å². The van der Waals surface area contributed by atoms with E-state index in [1.54, 1.807) is 0 Å². The third-order valence-corrected chi connectivity index (χ3v) is 4.67. The Morgan fingerprint density at radius 2 is 1.76 bits per heavy atom. The van der Waals surface area contributed by atoms with E-state index in [-0.39, 0.29) is 12.1 Å². The van der Waals surface area contributed by atoms with Gasteiger partial charge in [-0.25, -0.2) is 4.79 Å². The molecule has 21 heavy (non-hydrogen) atoms. The normalized spacial score (nSPS) is 34.0. The second-order valence-corrected chi connectivity index (χ2v) is 8.03. The molecule has 0 spiro atoms. The van der Waals surface area contributed by atoms with Crippen LogP contribution in [-0.4, -0.2) is 41.3 Å². The molecule has 0 bridgehead atoms. The Balaban J connectivity index is 1.80. The Morgan fingerprint density at radius 1 is 1.10 bits per heavy atom. The van der Waals surface area contributed by atoms with E-state index in [2.05, 4.69) is 19.2 Å². The predicted octanol–water partition coefficient (Wildman–Crippen LogP) is 3.55. The number of carbonyl (C=O) groups excluding carboxylic acids is 1. The van der Waals surface area contributed by atoms with E-state index in [1.165, 1.54) is 19.3 Å². The zero-order valence-corrected chi connectivity index (χ0v) is 14.3. The molecular formula is C17H32N2O2. The molecule has 4 nitrogen and oxygen atoms in total. The summed E-state index contributed by atoms with van der Waals surface area (Å²) in [5.74, 6) is 0.863. The van der Waals surface area contributed by atoms with Crippen LogP contribution in [0.4, 0.5) is 4.79 Å². The van der Waals surface area contributed by atoms with Crippen molar-refractivity contribution in [2.75, 3.05) is 6.54 Å². The van der Waals surface area contributed by atoms with E-state index in [4.69, 9.17) is 4.74 Å². The lowest BCUT2D eigenvalue weighted by molar-refractivity contribution is 0.00901. The number of nitrogens with zero attached hydrogens (tertiary/aromatic N) is 1. The highest BCUT2D eigenvalue weighted by Crippen LogP contribution is 2.27. The first-order valence-electron chi connectivity index (χ1n) is 8.50. The molecule has 2 fully saturated rings. The van der Waals surface area contributed by atoms with Crippen LogP contribution in [0.1, 0.15) is 66.7 Å². The lowest BCUT2D eigenvalue weighted by Gasteiger charge is -2.39. The van der Waals surface area contributed by atoms with E-state index >= 15 is 0 Å². The van der Waals surface area contributed by atoms with Gasteiger partial charge in [-0.15, -0.1) is 0 Å². The summed E-state index contributed by atoms with van der Waals surface area (Å²) in [4.78, 5) is 14.1. The Bertz CT molecular complexity index is 364. The highest BCUT2D eigenvalue weighted by atomic mass is 16.6. The number of amides is 1. The molecule has 122 valence electrons. The molecule has 1 heterocycles. The van der Waals surface area contributed by atoms with E-state index in [1.807, 2.05) is 25.7 Å². The average Bonchev–Trinajstić information content (AvgIpc) is 2.72. The quantitative estimate of drug-likeness (QED) is 0.847. The summed E-state index contributed by atoms with van der Waals surface area (Å²) in [6, 6.07) is 1.49. The zero-order valence-electron chi connectivity index (χ0n) is 14.3. The fraction of sp³-hybridized carbons (Fsp3) is 0.941. The Morgan fingerprint density at radius 3 is 2.29 bits per heavy atom. The molecule has 4 unspecified atom stereocenters. The van der Waals surface area contributed by atoms with Gasteiger partial charge in [-0.05, 0) is 65.7 Å². The molecule has 4 atom stereocenters. The van der Waals surface area contributed by atoms with Crippen LogP contribution in [0.3, 0.4) is 0 Å². The molecule has 1 aliphatic heterocycles. The Labute approximate surface area is 129 Å². The molecule has 0 radical (unpaired) electrons. The molecule has 1 N–H and O–H groups in total. The van der Waals surface area contributed by atoms with Crippen LogP contribution in [0.25, 0.3) is 0 Å². The minimum absolute atomic E-state index is 0.164. The first kappa shape index (κ1) is 16.6. The van der Waals surface area contributed by atoms with Gasteiger partial charge in [-0.2, -0.15) is 0 Å². The molecule has 4 heteroatoms. The summed E-state index contributed by atoms with van der Waals surface area (Å²) in [6.07, 6.45) is 5.87. The van der Waals surface area contributed by atoms with E-state index in [0.717, 1.165) is 25.3 Å². The van der Waals surface area contributed by atoms with Crippen molar-refractivity contribution in [1.82, 2.24) is 10.2 Å². The van der Waals surface area contributed by atoms with Gasteiger partial charge in [-0.1, -0.05) is 6.92 Å². The lowest BCUT2D eigenvalue weighted by Crippen LogP contribution is -2.52. The maximum atomic E-state index is 12.2. The summed E-state index contributed by atoms with van der Waals surface area (Å²) in [7, 11) is 0. The summed E-state index contributed by atoms with van der Waals surface area (Å²) in [6.45, 7) is 11.0. The molecule has 2 aliphatic rings. The third-order valence-electron chi connectivity index (χ3n) is 4.67. The van der Waals surface area contributed by atoms with Crippen LogP contribution in [0, 0.1) is 5.92 Å². The molecule has 0 aromatic carbocycles. The summed E-state index contributed by atoms with van der Waals surface area (Å²) in [5.41, 5.74) is -0.411. The van der Waals surface area contributed by atoms with Gasteiger partial charge in [0.1, 0.15) is 5.60 Å². The van der Waals surface area contributed by atoms with E-state index in [9.17, 15) is 4.79 Å². The number of rotatable bonds is 2. The van der Waals surface area contributed by atoms with Crippen molar-refractivity contribution >= 4 is 6.09 Å². The van der Waals surface area contributed by atoms with Gasteiger partial charge in [-0.3, -0.25) is 0 Å². The van der Waals surface area contributed by atoms with Crippen LogP contribution < -0.4 is 5.32 Å². The van der Waals surface area contributed by atoms with Crippen LogP contribution in [-0.2, 0) is 4.74 Å². The summed E-state index contributed by atoms with van der Waals surface area (Å²) < 4.78 is 5.50. The number of likely N-dealkylation sites (tertiary alicyclic amines) is 1. The topological polar surface area (TPSA) is 41.6 Å². The van der Waals surface area contributed by atoms with Crippen LogP contribution in [0.5, 0.6) is 0 Å². The van der Waals surface area contributed by atoms with Crippen molar-refractivity contribution in [3.8, 4) is 0 Å². The summed E-state index contributed by atoms with van der Waals surface area (Å²) in [5, 5.41) is 3.81. The van der Waals surface area contributed by atoms with Crippen LogP contribution >= 0.6 is 0 Å². The fourth-order valence-corrected chi connectivity index (χ4v) is 3.61. The molecule has 0 aromatic heterocycles. The fourth-order valence-electron chi connectivity index (χ4n) is 3.61. The maximum Gasteiger partial charge on any atom is 0.410 e. The highest BCUT2D eigenvalue weighted by Gasteiger charge is 2.33. The van der Waals surface area contributed by atoms with E-state index < -0.39 is 5.60 Å². The van der Waals surface area contributed by atoms with Gasteiger partial charge in [0.25, 0.3) is 0 Å². The third kappa shape index (κ3) is 4.87. The van der Waals surface area contributed by atoms with Gasteiger partial charge >= 0.3 is 6.09 Å². The number of ether oxygens (including phenoxy) is 1. The highest BCUT2D eigenvalue weighted by molar-refractivity contribution is 5.68. The molecule has 1 amide bonds. The van der Waals surface area contributed by atoms with E-state index in [0.29, 0.717) is 12.1 Å². The second kappa shape index (κ2) is 6.55. The first-order valence-corrected chi connectivity index (χ1v) is 8.50. The average molecular weight is 296 g/mol. The van der Waals surface area contributed by atoms with Gasteiger partial charge in [0.05, 0.1) is 0 Å². The predicted molar refractivity (Wildman–Crippen MR) is 85.4 cm³/mol. The van der Waals surface area contributed by atoms with Crippen molar-refractivity contribution in [3.05, 3.63) is 0 Å². The molecular weight excluding hydrogens is 264 g/mol. The molecule has 1 saturated heterocycles. The monoisotopic (exact) mass is 296 g/mol. The number of hydrogen-bond donors (Lipinski definition) is 1. The van der Waals surface area contributed by atoms with Gasteiger partial charge < -0.3 is 15.0 Å². The number of carbonyl (C=O) groups is 1. The van der Waals surface area contributed by atoms with Crippen molar-refractivity contribution in [2.24, 2.45) is 5.92 Å². The molecule has 2 rings (SSSR count). The SMILES string of the molecule is CC1CCC(NC2CCN(C(=O)OC(C)(C)C)C(C)C2)C1. The minimum atomic E-state index is -0.411. The molecule has 1 saturated carbocycles. The van der Waals surface area contributed by atoms with Crippen molar-refractivity contribution in [2.45, 2.75) is 90.4 Å².